The fourth-order valence-corrected chi connectivity index (χ4v) is 6.43. The molecule has 0 amide bonds. The summed E-state index contributed by atoms with van der Waals surface area (Å²) in [5, 5.41) is 12.0. The molecule has 20 heteroatoms. The summed E-state index contributed by atoms with van der Waals surface area (Å²) in [7, 11) is -9.58. The van der Waals surface area contributed by atoms with Gasteiger partial charge in [-0.3, -0.25) is 9.11 Å². The van der Waals surface area contributed by atoms with Crippen LogP contribution in [0, 0.1) is 0 Å². The van der Waals surface area contributed by atoms with Crippen molar-refractivity contribution in [2.24, 2.45) is 0 Å². The van der Waals surface area contributed by atoms with Gasteiger partial charge < -0.3 is 31.1 Å². The summed E-state index contributed by atoms with van der Waals surface area (Å²) in [6, 6.07) is 8.23. The van der Waals surface area contributed by atoms with Crippen molar-refractivity contribution in [2.75, 3.05) is 70.3 Å². The Labute approximate surface area is 315 Å². The molecule has 0 radical (unpaired) electrons. The fraction of sp³-hybridized carbons (Fsp3) is 0.294. The molecule has 288 valence electrons. The molecule has 0 saturated carbocycles. The Morgan fingerprint density at radius 1 is 0.593 bits per heavy atom. The molecule has 2 aromatic carbocycles. The zero-order valence-corrected chi connectivity index (χ0v) is 32.0. The minimum absolute atomic E-state index is 0.0213. The molecule has 0 aliphatic heterocycles. The fourth-order valence-electron chi connectivity index (χ4n) is 5.01. The van der Waals surface area contributed by atoms with Gasteiger partial charge in [0.15, 0.2) is 0 Å². The number of rotatable bonds is 20. The smallest absolute Gasteiger partial charge is 0.295 e. The van der Waals surface area contributed by atoms with Gasteiger partial charge in [0.2, 0.25) is 35.7 Å². The predicted molar refractivity (Wildman–Crippen MR) is 212 cm³/mol. The van der Waals surface area contributed by atoms with Crippen molar-refractivity contribution < 1.29 is 25.9 Å². The van der Waals surface area contributed by atoms with Gasteiger partial charge in [-0.05, 0) is 63.1 Å². The van der Waals surface area contributed by atoms with E-state index in [9.17, 15) is 25.9 Å². The van der Waals surface area contributed by atoms with Crippen LogP contribution in [-0.2, 0) is 20.2 Å². The highest BCUT2D eigenvalue weighted by Gasteiger charge is 2.20. The Bertz CT molecular complexity index is 2060. The zero-order chi connectivity index (χ0) is 39.5. The molecular formula is C34H44N12O6S2. The Morgan fingerprint density at radius 2 is 0.944 bits per heavy atom. The van der Waals surface area contributed by atoms with Crippen molar-refractivity contribution in [1.29, 1.82) is 0 Å². The van der Waals surface area contributed by atoms with E-state index in [0.29, 0.717) is 51.2 Å². The number of aromatic nitrogens is 6. The first-order chi connectivity index (χ1) is 25.7. The van der Waals surface area contributed by atoms with E-state index in [1.807, 2.05) is 37.5 Å². The second-order valence-electron chi connectivity index (χ2n) is 11.3. The van der Waals surface area contributed by atoms with Crippen LogP contribution in [0.1, 0.15) is 38.8 Å². The quantitative estimate of drug-likeness (QED) is 0.0388. The summed E-state index contributed by atoms with van der Waals surface area (Å²) >= 11 is 0. The third kappa shape index (κ3) is 10.9. The number of nitrogens with one attached hydrogen (secondary N) is 4. The summed E-state index contributed by atoms with van der Waals surface area (Å²) in [6.07, 6.45) is 5.87. The maximum Gasteiger partial charge on any atom is 0.295 e. The van der Waals surface area contributed by atoms with Crippen LogP contribution >= 0.6 is 0 Å². The highest BCUT2D eigenvalue weighted by atomic mass is 32.2. The summed E-state index contributed by atoms with van der Waals surface area (Å²) in [6.45, 7) is 18.4. The third-order valence-corrected chi connectivity index (χ3v) is 9.51. The zero-order valence-electron chi connectivity index (χ0n) is 30.4. The van der Waals surface area contributed by atoms with Gasteiger partial charge in [-0.15, -0.1) is 13.2 Å². The molecule has 0 atom stereocenters. The molecular weight excluding hydrogens is 737 g/mol. The van der Waals surface area contributed by atoms with Crippen LogP contribution < -0.4 is 31.1 Å². The van der Waals surface area contributed by atoms with Crippen molar-refractivity contribution in [2.45, 2.75) is 37.5 Å². The van der Waals surface area contributed by atoms with Crippen molar-refractivity contribution >= 4 is 79.5 Å². The lowest BCUT2D eigenvalue weighted by Crippen LogP contribution is -2.25. The van der Waals surface area contributed by atoms with E-state index in [-0.39, 0.29) is 46.3 Å². The third-order valence-electron chi connectivity index (χ3n) is 7.69. The lowest BCUT2D eigenvalue weighted by molar-refractivity contribution is 0.480. The molecule has 4 aromatic rings. The summed E-state index contributed by atoms with van der Waals surface area (Å²) < 4.78 is 70.5. The van der Waals surface area contributed by atoms with E-state index in [1.165, 1.54) is 48.6 Å². The number of benzene rings is 2. The van der Waals surface area contributed by atoms with Crippen LogP contribution in [0.4, 0.5) is 47.1 Å². The molecule has 18 nitrogen and oxygen atoms in total. The molecule has 2 aromatic heterocycles. The van der Waals surface area contributed by atoms with Gasteiger partial charge in [0.05, 0.1) is 0 Å². The molecule has 0 aliphatic rings. The minimum Gasteiger partial charge on any atom is -0.351 e. The predicted octanol–water partition coefficient (Wildman–Crippen LogP) is 5.10. The number of anilines is 8. The van der Waals surface area contributed by atoms with Crippen molar-refractivity contribution in [1.82, 2.24) is 29.9 Å². The van der Waals surface area contributed by atoms with Crippen molar-refractivity contribution in [3.8, 4) is 0 Å². The molecule has 4 rings (SSSR count). The van der Waals surface area contributed by atoms with Crippen LogP contribution in [0.5, 0.6) is 0 Å². The van der Waals surface area contributed by atoms with E-state index in [0.717, 1.165) is 0 Å². The molecule has 54 heavy (non-hydrogen) atoms. The lowest BCUT2D eigenvalue weighted by Gasteiger charge is -2.20. The SMILES string of the molecule is C=CCNc1nc(Nc2ccc(/C=C/c3ccc(Nc4nc(NCC=C)nc(N(CC)CC)n4)cc3S(=O)(=O)O)c(S(=O)(=O)O)c2)nc(N(CC)CC)n1. The summed E-state index contributed by atoms with van der Waals surface area (Å²) in [4.78, 5) is 29.4. The Morgan fingerprint density at radius 3 is 1.26 bits per heavy atom. The first kappa shape index (κ1) is 41.1. The molecule has 0 bridgehead atoms. The van der Waals surface area contributed by atoms with Gasteiger partial charge >= 0.3 is 0 Å². The second-order valence-corrected chi connectivity index (χ2v) is 14.1. The number of hydrogen-bond donors (Lipinski definition) is 6. The van der Waals surface area contributed by atoms with Crippen molar-refractivity contribution in [3.05, 3.63) is 72.8 Å². The summed E-state index contributed by atoms with van der Waals surface area (Å²) in [5.74, 6) is 1.53. The summed E-state index contributed by atoms with van der Waals surface area (Å²) in [5.41, 5.74) is 0.497. The lowest BCUT2D eigenvalue weighted by atomic mass is 10.1. The number of hydrogen-bond acceptors (Lipinski definition) is 16. The van der Waals surface area contributed by atoms with Crippen LogP contribution in [0.2, 0.25) is 0 Å². The Hall–Kier alpha value is -5.70. The number of nitrogens with zero attached hydrogens (tertiary/aromatic N) is 8. The minimum atomic E-state index is -4.79. The average Bonchev–Trinajstić information content (AvgIpc) is 3.13. The van der Waals surface area contributed by atoms with E-state index in [4.69, 9.17) is 0 Å². The van der Waals surface area contributed by atoms with Gasteiger partial charge in [0.1, 0.15) is 9.79 Å². The Balaban J connectivity index is 1.68. The first-order valence-corrected chi connectivity index (χ1v) is 19.8. The molecule has 0 saturated heterocycles. The highest BCUT2D eigenvalue weighted by molar-refractivity contribution is 7.86. The van der Waals surface area contributed by atoms with Crippen LogP contribution in [0.15, 0.2) is 71.5 Å². The standard InChI is InChI=1S/C34H44N12O6S2/c1-7-19-35-29-39-31(43-33(41-29)45(9-3)10-4)37-25-17-15-23(27(21-25)53(47,48)49)13-14-24-16-18-26(22-28(24)54(50,51)52)38-32-40-30(36-20-8-2)42-34(44-32)46(11-5)12-6/h7-8,13-18,21-22H,1-2,9-12,19-20H2,3-6H3,(H,47,48,49)(H,50,51,52)(H2,35,37,39,41,43)(H2,36,38,40,42,44)/b14-13+. The van der Waals surface area contributed by atoms with Crippen molar-refractivity contribution in [3.63, 3.8) is 0 Å². The molecule has 0 spiro atoms. The van der Waals surface area contributed by atoms with Gasteiger partial charge in [-0.2, -0.15) is 46.7 Å². The van der Waals surface area contributed by atoms with Crippen LogP contribution in [0.25, 0.3) is 12.2 Å². The van der Waals surface area contributed by atoms with E-state index < -0.39 is 30.0 Å². The first-order valence-electron chi connectivity index (χ1n) is 16.9. The normalized spacial score (nSPS) is 11.6. The van der Waals surface area contributed by atoms with Crippen LogP contribution in [-0.4, -0.2) is 95.1 Å². The maximum absolute atomic E-state index is 12.5. The molecule has 0 fully saturated rings. The van der Waals surface area contributed by atoms with Crippen LogP contribution in [0.3, 0.4) is 0 Å². The molecule has 0 unspecified atom stereocenters. The molecule has 0 aliphatic carbocycles. The van der Waals surface area contributed by atoms with E-state index in [2.05, 4.69) is 64.3 Å². The Kier molecular flexibility index (Phi) is 14.0. The van der Waals surface area contributed by atoms with Gasteiger partial charge in [0, 0.05) is 50.6 Å². The second kappa shape index (κ2) is 18.4. The largest absolute Gasteiger partial charge is 0.351 e. The monoisotopic (exact) mass is 780 g/mol. The average molecular weight is 781 g/mol. The van der Waals surface area contributed by atoms with E-state index in [1.54, 1.807) is 12.2 Å². The van der Waals surface area contributed by atoms with Gasteiger partial charge in [-0.25, -0.2) is 0 Å². The highest BCUT2D eigenvalue weighted by Crippen LogP contribution is 2.28. The van der Waals surface area contributed by atoms with E-state index >= 15 is 0 Å². The topological polar surface area (TPSA) is 241 Å². The molecule has 2 heterocycles. The van der Waals surface area contributed by atoms with Gasteiger partial charge in [0.25, 0.3) is 20.2 Å². The maximum atomic E-state index is 12.5. The van der Waals surface area contributed by atoms with Gasteiger partial charge in [-0.1, -0.05) is 36.4 Å². The molecule has 6 N–H and O–H groups in total.